The molecule has 0 aliphatic heterocycles. The Morgan fingerprint density at radius 1 is 1.09 bits per heavy atom. The van der Waals surface area contributed by atoms with E-state index in [-0.39, 0.29) is 5.97 Å². The minimum atomic E-state index is -0.889. The summed E-state index contributed by atoms with van der Waals surface area (Å²) in [6.45, 7) is 4.45. The molecule has 0 amide bonds. The Hall–Kier alpha value is -2.04. The maximum Gasteiger partial charge on any atom is 0.335 e. The van der Waals surface area contributed by atoms with Crippen LogP contribution in [0.15, 0.2) is 24.3 Å². The van der Waals surface area contributed by atoms with Crippen molar-refractivity contribution in [2.45, 2.75) is 39.5 Å². The van der Waals surface area contributed by atoms with Gasteiger partial charge in [-0.2, -0.15) is 0 Å². The predicted molar refractivity (Wildman–Crippen MR) is 88.5 cm³/mol. The first-order valence-electron chi connectivity index (χ1n) is 7.58. The SMILES string of the molecule is CCCCCC(=O)OCC.CN(C)c1ccc(C(=O)O)cc1. The monoisotopic (exact) mass is 309 g/mol. The molecule has 1 aromatic rings. The number of ether oxygens (including phenoxy) is 1. The predicted octanol–water partition coefficient (Wildman–Crippen LogP) is 3.58. The summed E-state index contributed by atoms with van der Waals surface area (Å²) < 4.78 is 4.75. The maximum atomic E-state index is 10.7. The molecule has 0 bridgehead atoms. The summed E-state index contributed by atoms with van der Waals surface area (Å²) in [4.78, 5) is 23.1. The number of carboxylic acids is 1. The van der Waals surface area contributed by atoms with Crippen LogP contribution in [0.5, 0.6) is 0 Å². The van der Waals surface area contributed by atoms with Gasteiger partial charge in [0.25, 0.3) is 0 Å². The molecule has 1 N–H and O–H groups in total. The van der Waals surface area contributed by atoms with E-state index in [4.69, 9.17) is 9.84 Å². The van der Waals surface area contributed by atoms with Crippen LogP contribution < -0.4 is 4.90 Å². The van der Waals surface area contributed by atoms with Crippen LogP contribution >= 0.6 is 0 Å². The van der Waals surface area contributed by atoms with Crippen molar-refractivity contribution in [3.63, 3.8) is 0 Å². The quantitative estimate of drug-likeness (QED) is 0.616. The number of unbranched alkanes of at least 4 members (excludes halogenated alkanes) is 2. The van der Waals surface area contributed by atoms with Gasteiger partial charge >= 0.3 is 11.9 Å². The van der Waals surface area contributed by atoms with Crippen LogP contribution in [-0.4, -0.2) is 37.7 Å². The van der Waals surface area contributed by atoms with Gasteiger partial charge in [-0.1, -0.05) is 19.8 Å². The van der Waals surface area contributed by atoms with E-state index >= 15 is 0 Å². The Balaban J connectivity index is 0.000000409. The molecule has 0 saturated carbocycles. The van der Waals surface area contributed by atoms with Gasteiger partial charge in [-0.15, -0.1) is 0 Å². The van der Waals surface area contributed by atoms with E-state index in [1.165, 1.54) is 0 Å². The standard InChI is InChI=1S/C9H11NO2.C8H16O2/c1-10(2)8-5-3-7(4-6-8)9(11)12;1-3-5-6-7-8(9)10-4-2/h3-6H,1-2H3,(H,11,12);3-7H2,1-2H3. The number of carbonyl (C=O) groups excluding carboxylic acids is 1. The van der Waals surface area contributed by atoms with Gasteiger partial charge < -0.3 is 14.7 Å². The van der Waals surface area contributed by atoms with Gasteiger partial charge in [0.05, 0.1) is 12.2 Å². The van der Waals surface area contributed by atoms with Crippen molar-refractivity contribution in [2.24, 2.45) is 0 Å². The lowest BCUT2D eigenvalue weighted by Gasteiger charge is -2.11. The van der Waals surface area contributed by atoms with E-state index < -0.39 is 5.97 Å². The van der Waals surface area contributed by atoms with Crippen molar-refractivity contribution in [1.82, 2.24) is 0 Å². The molecule has 5 nitrogen and oxygen atoms in total. The lowest BCUT2D eigenvalue weighted by Crippen LogP contribution is -2.08. The van der Waals surface area contributed by atoms with Gasteiger partial charge in [0.1, 0.15) is 0 Å². The number of anilines is 1. The van der Waals surface area contributed by atoms with Crippen LogP contribution in [0.2, 0.25) is 0 Å². The fourth-order valence-corrected chi connectivity index (χ4v) is 1.65. The number of rotatable bonds is 7. The average Bonchev–Trinajstić information content (AvgIpc) is 2.48. The molecule has 0 aliphatic carbocycles. The summed E-state index contributed by atoms with van der Waals surface area (Å²) in [6, 6.07) is 6.75. The Bertz CT molecular complexity index is 440. The number of esters is 1. The Labute approximate surface area is 132 Å². The minimum Gasteiger partial charge on any atom is -0.478 e. The van der Waals surface area contributed by atoms with Gasteiger partial charge in [0, 0.05) is 26.2 Å². The number of nitrogens with zero attached hydrogens (tertiary/aromatic N) is 1. The summed E-state index contributed by atoms with van der Waals surface area (Å²) in [5, 5.41) is 8.60. The zero-order valence-electron chi connectivity index (χ0n) is 14.0. The summed E-state index contributed by atoms with van der Waals surface area (Å²) in [6.07, 6.45) is 3.83. The van der Waals surface area contributed by atoms with E-state index in [2.05, 4.69) is 6.92 Å². The first-order valence-corrected chi connectivity index (χ1v) is 7.58. The van der Waals surface area contributed by atoms with E-state index in [1.807, 2.05) is 25.9 Å². The van der Waals surface area contributed by atoms with Crippen molar-refractivity contribution in [2.75, 3.05) is 25.6 Å². The zero-order valence-corrected chi connectivity index (χ0v) is 14.0. The van der Waals surface area contributed by atoms with Gasteiger partial charge in [-0.3, -0.25) is 4.79 Å². The molecular formula is C17H27NO4. The van der Waals surface area contributed by atoms with Crippen molar-refractivity contribution in [3.05, 3.63) is 29.8 Å². The number of carboxylic acid groups (broad SMARTS) is 1. The second-order valence-electron chi connectivity index (χ2n) is 5.01. The fourth-order valence-electron chi connectivity index (χ4n) is 1.65. The van der Waals surface area contributed by atoms with Crippen molar-refractivity contribution < 1.29 is 19.4 Å². The lowest BCUT2D eigenvalue weighted by atomic mass is 10.2. The van der Waals surface area contributed by atoms with E-state index in [0.717, 1.165) is 24.9 Å². The molecule has 124 valence electrons. The highest BCUT2D eigenvalue weighted by Crippen LogP contribution is 2.11. The molecular weight excluding hydrogens is 282 g/mol. The van der Waals surface area contributed by atoms with Crippen molar-refractivity contribution in [3.8, 4) is 0 Å². The van der Waals surface area contributed by atoms with Crippen LogP contribution in [0.25, 0.3) is 0 Å². The second-order valence-corrected chi connectivity index (χ2v) is 5.01. The van der Waals surface area contributed by atoms with Gasteiger partial charge in [0.2, 0.25) is 0 Å². The third-order valence-electron chi connectivity index (χ3n) is 2.92. The molecule has 1 rings (SSSR count). The largest absolute Gasteiger partial charge is 0.478 e. The molecule has 0 aromatic heterocycles. The molecule has 0 atom stereocenters. The van der Waals surface area contributed by atoms with Gasteiger partial charge in [-0.05, 0) is 37.6 Å². The molecule has 22 heavy (non-hydrogen) atoms. The molecule has 0 fully saturated rings. The summed E-state index contributed by atoms with van der Waals surface area (Å²) in [5.74, 6) is -0.948. The molecule has 0 aliphatic rings. The Morgan fingerprint density at radius 2 is 1.68 bits per heavy atom. The molecule has 0 unspecified atom stereocenters. The van der Waals surface area contributed by atoms with Crippen LogP contribution in [0.1, 0.15) is 49.9 Å². The van der Waals surface area contributed by atoms with Gasteiger partial charge in [-0.25, -0.2) is 4.79 Å². The number of aromatic carboxylic acids is 1. The van der Waals surface area contributed by atoms with Crippen molar-refractivity contribution in [1.29, 1.82) is 0 Å². The molecule has 0 spiro atoms. The topological polar surface area (TPSA) is 66.8 Å². The molecule has 1 aromatic carbocycles. The third-order valence-corrected chi connectivity index (χ3v) is 2.92. The average molecular weight is 309 g/mol. The molecule has 0 saturated heterocycles. The summed E-state index contributed by atoms with van der Waals surface area (Å²) in [7, 11) is 3.82. The third kappa shape index (κ3) is 9.00. The first-order chi connectivity index (χ1) is 10.4. The highest BCUT2D eigenvalue weighted by molar-refractivity contribution is 5.88. The van der Waals surface area contributed by atoms with Gasteiger partial charge in [0.15, 0.2) is 0 Å². The lowest BCUT2D eigenvalue weighted by molar-refractivity contribution is -0.143. The summed E-state index contributed by atoms with van der Waals surface area (Å²) in [5.41, 5.74) is 1.32. The fraction of sp³-hybridized carbons (Fsp3) is 0.529. The maximum absolute atomic E-state index is 10.7. The smallest absolute Gasteiger partial charge is 0.335 e. The Morgan fingerprint density at radius 3 is 2.09 bits per heavy atom. The molecule has 5 heteroatoms. The number of hydrogen-bond acceptors (Lipinski definition) is 4. The van der Waals surface area contributed by atoms with E-state index in [9.17, 15) is 9.59 Å². The number of hydrogen-bond donors (Lipinski definition) is 1. The van der Waals surface area contributed by atoms with Crippen LogP contribution in [0, 0.1) is 0 Å². The van der Waals surface area contributed by atoms with Crippen molar-refractivity contribution >= 4 is 17.6 Å². The highest BCUT2D eigenvalue weighted by Gasteiger charge is 2.01. The normalized spacial score (nSPS) is 9.45. The second kappa shape index (κ2) is 11.6. The van der Waals surface area contributed by atoms with Crippen LogP contribution in [-0.2, 0) is 9.53 Å². The first kappa shape index (κ1) is 20.0. The molecule has 0 heterocycles. The Kier molecular flexibility index (Phi) is 10.5. The zero-order chi connectivity index (χ0) is 17.0. The van der Waals surface area contributed by atoms with Crippen LogP contribution in [0.4, 0.5) is 5.69 Å². The number of benzene rings is 1. The van der Waals surface area contributed by atoms with E-state index in [0.29, 0.717) is 18.6 Å². The van der Waals surface area contributed by atoms with E-state index in [1.54, 1.807) is 24.3 Å². The highest BCUT2D eigenvalue weighted by atomic mass is 16.5. The summed E-state index contributed by atoms with van der Waals surface area (Å²) >= 11 is 0. The minimum absolute atomic E-state index is 0.0593. The molecule has 0 radical (unpaired) electrons. The van der Waals surface area contributed by atoms with Crippen LogP contribution in [0.3, 0.4) is 0 Å². The number of carbonyl (C=O) groups is 2.